The molecule has 8 heteroatoms. The van der Waals surface area contributed by atoms with Crippen molar-refractivity contribution in [3.63, 3.8) is 0 Å². The number of hydrogen-bond donors (Lipinski definition) is 2. The van der Waals surface area contributed by atoms with Crippen LogP contribution in [0.25, 0.3) is 0 Å². The number of ether oxygens (including phenoxy) is 1. The fourth-order valence-corrected chi connectivity index (χ4v) is 4.19. The average molecular weight is 400 g/mol. The van der Waals surface area contributed by atoms with Gasteiger partial charge in [0.05, 0.1) is 29.5 Å². The Hall–Kier alpha value is -2.45. The number of likely N-dealkylation sites (tertiary alicyclic amines) is 1. The van der Waals surface area contributed by atoms with Gasteiger partial charge in [-0.05, 0) is 45.2 Å². The number of aliphatic hydroxyl groups is 1. The summed E-state index contributed by atoms with van der Waals surface area (Å²) in [7, 11) is 0. The molecule has 8 nitrogen and oxygen atoms in total. The van der Waals surface area contributed by atoms with E-state index in [-0.39, 0.29) is 18.6 Å². The molecule has 0 saturated carbocycles. The van der Waals surface area contributed by atoms with E-state index in [0.29, 0.717) is 30.5 Å². The van der Waals surface area contributed by atoms with Crippen molar-refractivity contribution < 1.29 is 19.2 Å². The maximum absolute atomic E-state index is 12.6. The van der Waals surface area contributed by atoms with Crippen molar-refractivity contribution >= 4 is 5.91 Å². The molecule has 2 N–H and O–H groups in total. The van der Waals surface area contributed by atoms with Crippen LogP contribution in [0.15, 0.2) is 22.9 Å². The first-order valence-electron chi connectivity index (χ1n) is 10.3. The van der Waals surface area contributed by atoms with Crippen LogP contribution in [0, 0.1) is 6.92 Å². The third-order valence-corrected chi connectivity index (χ3v) is 5.90. The monoisotopic (exact) mass is 400 g/mol. The summed E-state index contributed by atoms with van der Waals surface area (Å²) in [5.41, 5.74) is 2.45. The minimum Gasteiger partial charge on any atom is -0.473 e. The van der Waals surface area contributed by atoms with E-state index in [1.807, 2.05) is 6.92 Å². The molecule has 0 aliphatic carbocycles. The largest absolute Gasteiger partial charge is 0.473 e. The number of aryl methyl sites for hydroxylation is 1. The molecule has 1 unspecified atom stereocenters. The van der Waals surface area contributed by atoms with Crippen LogP contribution in [0.3, 0.4) is 0 Å². The molecule has 1 amide bonds. The van der Waals surface area contributed by atoms with Gasteiger partial charge in [0.2, 0.25) is 5.88 Å². The van der Waals surface area contributed by atoms with Crippen LogP contribution in [-0.4, -0.2) is 58.3 Å². The van der Waals surface area contributed by atoms with Crippen molar-refractivity contribution in [2.45, 2.75) is 51.2 Å². The maximum Gasteiger partial charge on any atom is 0.255 e. The number of amides is 1. The van der Waals surface area contributed by atoms with Gasteiger partial charge in [0.15, 0.2) is 0 Å². The van der Waals surface area contributed by atoms with E-state index in [9.17, 15) is 9.90 Å². The number of nitrogens with one attached hydrogen (secondary N) is 1. The molecule has 0 bridgehead atoms. The lowest BCUT2D eigenvalue weighted by atomic mass is 9.93. The van der Waals surface area contributed by atoms with Gasteiger partial charge >= 0.3 is 0 Å². The van der Waals surface area contributed by atoms with Crippen LogP contribution >= 0.6 is 0 Å². The highest BCUT2D eigenvalue weighted by Crippen LogP contribution is 2.28. The molecule has 2 aromatic heterocycles. The van der Waals surface area contributed by atoms with Crippen molar-refractivity contribution in [1.82, 2.24) is 20.4 Å². The number of piperidine rings is 1. The van der Waals surface area contributed by atoms with Crippen molar-refractivity contribution in [1.29, 1.82) is 0 Å². The normalized spacial score (nSPS) is 22.1. The Labute approximate surface area is 170 Å². The first kappa shape index (κ1) is 19.8. The third kappa shape index (κ3) is 4.28. The summed E-state index contributed by atoms with van der Waals surface area (Å²) in [6, 6.07) is 3.34. The number of hydrogen-bond acceptors (Lipinski definition) is 7. The van der Waals surface area contributed by atoms with Crippen LogP contribution in [0.5, 0.6) is 5.88 Å². The molecular weight excluding hydrogens is 372 g/mol. The summed E-state index contributed by atoms with van der Waals surface area (Å²) < 4.78 is 11.3. The van der Waals surface area contributed by atoms with Crippen molar-refractivity contribution in [2.75, 3.05) is 26.2 Å². The zero-order valence-electron chi connectivity index (χ0n) is 16.8. The summed E-state index contributed by atoms with van der Waals surface area (Å²) in [6.45, 7) is 4.85. The highest BCUT2D eigenvalue weighted by atomic mass is 16.5. The van der Waals surface area contributed by atoms with Crippen LogP contribution in [0.4, 0.5) is 0 Å². The zero-order valence-corrected chi connectivity index (χ0v) is 16.8. The molecule has 0 radical (unpaired) electrons. The second-order valence-corrected chi connectivity index (χ2v) is 7.80. The topological polar surface area (TPSA) is 101 Å². The maximum atomic E-state index is 12.6. The van der Waals surface area contributed by atoms with E-state index >= 15 is 0 Å². The molecular formula is C21H28N4O4. The molecule has 4 heterocycles. The Balaban J connectivity index is 1.40. The standard InChI is InChI=1S/C21H28N4O4/c1-14-18(20(24-29-14)15-4-2-8-22-10-15)13-28-19-7-6-16(11-23-19)21(27)25-9-3-5-17(25)12-26/h6-7,11,15,17,22,26H,2-5,8-10,12-13H2,1H3/t15?,17-/m1/s1. The van der Waals surface area contributed by atoms with Gasteiger partial charge < -0.3 is 24.6 Å². The van der Waals surface area contributed by atoms with Gasteiger partial charge in [-0.25, -0.2) is 4.98 Å². The minimum atomic E-state index is -0.0948. The fraction of sp³-hybridized carbons (Fsp3) is 0.571. The SMILES string of the molecule is Cc1onc(C2CCCNC2)c1COc1ccc(C(=O)N2CCC[C@@H]2CO)cn1. The van der Waals surface area contributed by atoms with Gasteiger partial charge in [-0.1, -0.05) is 5.16 Å². The van der Waals surface area contributed by atoms with Crippen LogP contribution < -0.4 is 10.1 Å². The number of carbonyl (C=O) groups excluding carboxylic acids is 1. The predicted molar refractivity (Wildman–Crippen MR) is 106 cm³/mol. The molecule has 29 heavy (non-hydrogen) atoms. The quantitative estimate of drug-likeness (QED) is 0.765. The Bertz CT molecular complexity index is 830. The molecule has 4 rings (SSSR count). The van der Waals surface area contributed by atoms with E-state index in [1.165, 1.54) is 6.20 Å². The van der Waals surface area contributed by atoms with Crippen molar-refractivity contribution in [3.05, 3.63) is 40.9 Å². The number of pyridine rings is 1. The van der Waals surface area contributed by atoms with E-state index in [4.69, 9.17) is 9.26 Å². The Morgan fingerprint density at radius 3 is 3.00 bits per heavy atom. The number of aromatic nitrogens is 2. The van der Waals surface area contributed by atoms with Gasteiger partial charge in [-0.15, -0.1) is 0 Å². The zero-order chi connectivity index (χ0) is 20.2. The molecule has 2 saturated heterocycles. The summed E-state index contributed by atoms with van der Waals surface area (Å²) in [6.07, 6.45) is 5.52. The van der Waals surface area contributed by atoms with E-state index in [1.54, 1.807) is 17.0 Å². The van der Waals surface area contributed by atoms with Crippen LogP contribution in [-0.2, 0) is 6.61 Å². The molecule has 2 aromatic rings. The Morgan fingerprint density at radius 1 is 1.38 bits per heavy atom. The van der Waals surface area contributed by atoms with Gasteiger partial charge in [0.25, 0.3) is 5.91 Å². The highest BCUT2D eigenvalue weighted by molar-refractivity contribution is 5.94. The summed E-state index contributed by atoms with van der Waals surface area (Å²) in [4.78, 5) is 18.7. The van der Waals surface area contributed by atoms with E-state index in [2.05, 4.69) is 15.5 Å². The summed E-state index contributed by atoms with van der Waals surface area (Å²) in [5, 5.41) is 17.1. The van der Waals surface area contributed by atoms with Gasteiger partial charge in [-0.2, -0.15) is 0 Å². The number of carbonyl (C=O) groups is 1. The number of rotatable bonds is 6. The van der Waals surface area contributed by atoms with Gasteiger partial charge in [-0.3, -0.25) is 4.79 Å². The molecule has 2 aliphatic heterocycles. The summed E-state index contributed by atoms with van der Waals surface area (Å²) in [5.74, 6) is 1.46. The van der Waals surface area contributed by atoms with E-state index in [0.717, 1.165) is 55.8 Å². The smallest absolute Gasteiger partial charge is 0.255 e. The van der Waals surface area contributed by atoms with E-state index < -0.39 is 0 Å². The lowest BCUT2D eigenvalue weighted by Crippen LogP contribution is -2.37. The molecule has 2 fully saturated rings. The lowest BCUT2D eigenvalue weighted by molar-refractivity contribution is 0.0677. The van der Waals surface area contributed by atoms with Gasteiger partial charge in [0.1, 0.15) is 12.4 Å². The Kier molecular flexibility index (Phi) is 6.10. The van der Waals surface area contributed by atoms with Crippen molar-refractivity contribution in [2.24, 2.45) is 0 Å². The number of nitrogens with zero attached hydrogens (tertiary/aromatic N) is 3. The van der Waals surface area contributed by atoms with Crippen LogP contribution in [0.2, 0.25) is 0 Å². The average Bonchev–Trinajstić information content (AvgIpc) is 3.39. The Morgan fingerprint density at radius 2 is 2.28 bits per heavy atom. The summed E-state index contributed by atoms with van der Waals surface area (Å²) >= 11 is 0. The van der Waals surface area contributed by atoms with Gasteiger partial charge in [0, 0.05) is 31.3 Å². The molecule has 0 spiro atoms. The van der Waals surface area contributed by atoms with Crippen molar-refractivity contribution in [3.8, 4) is 5.88 Å². The first-order valence-corrected chi connectivity index (χ1v) is 10.3. The fourth-order valence-electron chi connectivity index (χ4n) is 4.19. The predicted octanol–water partition coefficient (Wildman–Crippen LogP) is 2.02. The lowest BCUT2D eigenvalue weighted by Gasteiger charge is -2.23. The molecule has 0 aromatic carbocycles. The molecule has 2 atom stereocenters. The molecule has 2 aliphatic rings. The molecule has 156 valence electrons. The highest BCUT2D eigenvalue weighted by Gasteiger charge is 2.29. The minimum absolute atomic E-state index is 0.00268. The second kappa shape index (κ2) is 8.92. The first-order chi connectivity index (χ1) is 14.2. The second-order valence-electron chi connectivity index (χ2n) is 7.80. The van der Waals surface area contributed by atoms with Crippen LogP contribution in [0.1, 0.15) is 59.0 Å². The third-order valence-electron chi connectivity index (χ3n) is 5.90. The number of aliphatic hydroxyl groups excluding tert-OH is 1.